The lowest BCUT2D eigenvalue weighted by atomic mass is 10.2. The van der Waals surface area contributed by atoms with Gasteiger partial charge in [0.1, 0.15) is 11.6 Å². The van der Waals surface area contributed by atoms with Crippen molar-refractivity contribution in [3.8, 4) is 0 Å². The summed E-state index contributed by atoms with van der Waals surface area (Å²) >= 11 is 6.13. The van der Waals surface area contributed by atoms with Gasteiger partial charge in [0, 0.05) is 5.02 Å². The Morgan fingerprint density at radius 2 is 2.15 bits per heavy atom. The van der Waals surface area contributed by atoms with Gasteiger partial charge in [-0.2, -0.15) is 0 Å². The fourth-order valence-electron chi connectivity index (χ4n) is 1.93. The van der Waals surface area contributed by atoms with Gasteiger partial charge in [-0.25, -0.2) is 9.78 Å². The minimum atomic E-state index is -0.508. The molecule has 20 heavy (non-hydrogen) atoms. The number of halogens is 1. The van der Waals surface area contributed by atoms with Gasteiger partial charge in [-0.05, 0) is 25.5 Å². The molecule has 0 saturated carbocycles. The number of anilines is 1. The van der Waals surface area contributed by atoms with Crippen LogP contribution in [-0.2, 0) is 11.3 Å². The number of aromatic nitrogens is 2. The van der Waals surface area contributed by atoms with E-state index in [9.17, 15) is 4.79 Å². The molecule has 0 saturated heterocycles. The monoisotopic (exact) mass is 293 g/mol. The van der Waals surface area contributed by atoms with Crippen molar-refractivity contribution in [2.24, 2.45) is 0 Å². The van der Waals surface area contributed by atoms with Crippen LogP contribution < -0.4 is 5.73 Å². The van der Waals surface area contributed by atoms with Gasteiger partial charge in [-0.15, -0.1) is 0 Å². The number of hydrogen-bond donors (Lipinski definition) is 1. The number of imidazole rings is 1. The average molecular weight is 294 g/mol. The Bertz CT molecular complexity index is 637. The van der Waals surface area contributed by atoms with Crippen LogP contribution in [0.4, 0.5) is 5.82 Å². The van der Waals surface area contributed by atoms with E-state index in [-0.39, 0.29) is 12.3 Å². The first-order chi connectivity index (χ1) is 9.54. The van der Waals surface area contributed by atoms with E-state index in [1.165, 1.54) is 0 Å². The molecule has 2 N–H and O–H groups in total. The van der Waals surface area contributed by atoms with E-state index in [1.807, 2.05) is 24.3 Å². The molecule has 0 unspecified atom stereocenters. The second-order valence-corrected chi connectivity index (χ2v) is 4.70. The topological polar surface area (TPSA) is 70.1 Å². The zero-order valence-corrected chi connectivity index (χ0v) is 12.1. The Balaban J connectivity index is 2.34. The van der Waals surface area contributed by atoms with Gasteiger partial charge in [-0.1, -0.05) is 29.8 Å². The van der Waals surface area contributed by atoms with Crippen LogP contribution in [0.25, 0.3) is 0 Å². The Labute approximate surface area is 122 Å². The minimum Gasteiger partial charge on any atom is -0.461 e. The van der Waals surface area contributed by atoms with Gasteiger partial charge < -0.3 is 15.0 Å². The molecule has 1 aromatic heterocycles. The Morgan fingerprint density at radius 1 is 1.45 bits per heavy atom. The van der Waals surface area contributed by atoms with Gasteiger partial charge >= 0.3 is 5.97 Å². The highest BCUT2D eigenvalue weighted by Crippen LogP contribution is 2.21. The number of benzene rings is 1. The molecule has 0 spiro atoms. The lowest BCUT2D eigenvalue weighted by Gasteiger charge is -2.09. The fraction of sp³-hybridized carbons (Fsp3) is 0.286. The average Bonchev–Trinajstić information content (AvgIpc) is 2.69. The van der Waals surface area contributed by atoms with E-state index in [2.05, 4.69) is 4.98 Å². The summed E-state index contributed by atoms with van der Waals surface area (Å²) in [5.41, 5.74) is 7.05. The van der Waals surface area contributed by atoms with E-state index < -0.39 is 5.97 Å². The zero-order chi connectivity index (χ0) is 14.7. The summed E-state index contributed by atoms with van der Waals surface area (Å²) in [4.78, 5) is 15.9. The Hall–Kier alpha value is -2.01. The molecule has 1 aromatic carbocycles. The summed E-state index contributed by atoms with van der Waals surface area (Å²) in [6.07, 6.45) is 0. The summed E-state index contributed by atoms with van der Waals surface area (Å²) in [5.74, 6) is 0.428. The summed E-state index contributed by atoms with van der Waals surface area (Å²) in [5, 5.41) is 0.651. The molecule has 1 heterocycles. The molecule has 0 fully saturated rings. The molecule has 0 aliphatic rings. The van der Waals surface area contributed by atoms with E-state index in [0.717, 1.165) is 5.56 Å². The van der Waals surface area contributed by atoms with Crippen LogP contribution in [0.15, 0.2) is 24.3 Å². The van der Waals surface area contributed by atoms with Gasteiger partial charge in [0.25, 0.3) is 0 Å². The number of rotatable bonds is 4. The van der Waals surface area contributed by atoms with Crippen LogP contribution in [0, 0.1) is 6.92 Å². The molecule has 0 radical (unpaired) electrons. The number of esters is 1. The third-order valence-electron chi connectivity index (χ3n) is 2.95. The standard InChI is InChI=1S/C14H16ClN3O2/c1-3-20-14(19)12-13(16)18(9(2)17-12)8-10-6-4-5-7-11(10)15/h4-7H,3,8,16H2,1-2H3. The van der Waals surface area contributed by atoms with Gasteiger partial charge in [0.2, 0.25) is 0 Å². The van der Waals surface area contributed by atoms with Crippen LogP contribution in [0.5, 0.6) is 0 Å². The third kappa shape index (κ3) is 2.77. The SMILES string of the molecule is CCOC(=O)c1nc(C)n(Cc2ccccc2Cl)c1N. The maximum atomic E-state index is 11.7. The summed E-state index contributed by atoms with van der Waals surface area (Å²) in [7, 11) is 0. The molecular weight excluding hydrogens is 278 g/mol. The van der Waals surface area contributed by atoms with E-state index in [0.29, 0.717) is 23.2 Å². The van der Waals surface area contributed by atoms with Gasteiger partial charge in [-0.3, -0.25) is 0 Å². The summed E-state index contributed by atoms with van der Waals surface area (Å²) < 4.78 is 6.67. The van der Waals surface area contributed by atoms with Crippen LogP contribution in [0.2, 0.25) is 5.02 Å². The molecule has 0 atom stereocenters. The number of carbonyl (C=O) groups is 1. The predicted octanol–water partition coefficient (Wildman–Crippen LogP) is 2.65. The van der Waals surface area contributed by atoms with Crippen molar-refractivity contribution in [1.29, 1.82) is 0 Å². The normalized spacial score (nSPS) is 10.6. The second kappa shape index (κ2) is 5.96. The van der Waals surface area contributed by atoms with Crippen molar-refractivity contribution in [2.75, 3.05) is 12.3 Å². The molecule has 106 valence electrons. The highest BCUT2D eigenvalue weighted by molar-refractivity contribution is 6.31. The predicted molar refractivity (Wildman–Crippen MR) is 77.9 cm³/mol. The Morgan fingerprint density at radius 3 is 2.80 bits per heavy atom. The number of nitrogens with zero attached hydrogens (tertiary/aromatic N) is 2. The number of nitrogens with two attached hydrogens (primary N) is 1. The second-order valence-electron chi connectivity index (χ2n) is 4.29. The van der Waals surface area contributed by atoms with Crippen molar-refractivity contribution in [3.63, 3.8) is 0 Å². The van der Waals surface area contributed by atoms with Crippen molar-refractivity contribution in [3.05, 3.63) is 46.4 Å². The fourth-order valence-corrected chi connectivity index (χ4v) is 2.12. The number of ether oxygens (including phenoxy) is 1. The smallest absolute Gasteiger partial charge is 0.360 e. The van der Waals surface area contributed by atoms with E-state index in [4.69, 9.17) is 22.1 Å². The summed E-state index contributed by atoms with van der Waals surface area (Å²) in [6.45, 7) is 4.27. The third-order valence-corrected chi connectivity index (χ3v) is 3.32. The highest BCUT2D eigenvalue weighted by Gasteiger charge is 2.20. The summed E-state index contributed by atoms with van der Waals surface area (Å²) in [6, 6.07) is 7.48. The van der Waals surface area contributed by atoms with Crippen molar-refractivity contribution >= 4 is 23.4 Å². The largest absolute Gasteiger partial charge is 0.461 e. The molecule has 2 rings (SSSR count). The molecule has 2 aromatic rings. The maximum Gasteiger partial charge on any atom is 0.360 e. The molecule has 0 aliphatic carbocycles. The number of carbonyl (C=O) groups excluding carboxylic acids is 1. The molecule has 0 bridgehead atoms. The van der Waals surface area contributed by atoms with Crippen LogP contribution in [-0.4, -0.2) is 22.1 Å². The molecule has 0 amide bonds. The minimum absolute atomic E-state index is 0.149. The van der Waals surface area contributed by atoms with Gasteiger partial charge in [0.15, 0.2) is 5.69 Å². The number of aryl methyl sites for hydroxylation is 1. The van der Waals surface area contributed by atoms with Crippen LogP contribution in [0.1, 0.15) is 28.8 Å². The Kier molecular flexibility index (Phi) is 4.29. The molecule has 0 aliphatic heterocycles. The molecular formula is C14H16ClN3O2. The van der Waals surface area contributed by atoms with E-state index in [1.54, 1.807) is 18.4 Å². The first-order valence-corrected chi connectivity index (χ1v) is 6.65. The van der Waals surface area contributed by atoms with Crippen molar-refractivity contribution in [1.82, 2.24) is 9.55 Å². The quantitative estimate of drug-likeness (QED) is 0.880. The molecule has 6 heteroatoms. The maximum absolute atomic E-state index is 11.7. The first-order valence-electron chi connectivity index (χ1n) is 6.27. The van der Waals surface area contributed by atoms with Gasteiger partial charge in [0.05, 0.1) is 13.2 Å². The highest BCUT2D eigenvalue weighted by atomic mass is 35.5. The lowest BCUT2D eigenvalue weighted by molar-refractivity contribution is 0.0521. The zero-order valence-electron chi connectivity index (χ0n) is 11.4. The first kappa shape index (κ1) is 14.4. The van der Waals surface area contributed by atoms with Crippen molar-refractivity contribution < 1.29 is 9.53 Å². The van der Waals surface area contributed by atoms with Crippen molar-refractivity contribution in [2.45, 2.75) is 20.4 Å². The lowest BCUT2D eigenvalue weighted by Crippen LogP contribution is -2.11. The van der Waals surface area contributed by atoms with Crippen LogP contribution >= 0.6 is 11.6 Å². The van der Waals surface area contributed by atoms with E-state index >= 15 is 0 Å². The number of nitrogen functional groups attached to an aromatic ring is 1. The number of hydrogen-bond acceptors (Lipinski definition) is 4. The molecule has 5 nitrogen and oxygen atoms in total. The van der Waals surface area contributed by atoms with Crippen LogP contribution in [0.3, 0.4) is 0 Å².